The summed E-state index contributed by atoms with van der Waals surface area (Å²) in [4.78, 5) is 2.30. The molecule has 1 heterocycles. The van der Waals surface area contributed by atoms with Crippen LogP contribution in [0.1, 0.15) is 18.4 Å². The Morgan fingerprint density at radius 2 is 1.96 bits per heavy atom. The highest BCUT2D eigenvalue weighted by Crippen LogP contribution is 2.32. The summed E-state index contributed by atoms with van der Waals surface area (Å²) >= 11 is 7.56. The smallest absolute Gasteiger partial charge is 0.0919 e. The first-order valence-corrected chi connectivity index (χ1v) is 9.76. The molecule has 0 unspecified atom stereocenters. The Labute approximate surface area is 158 Å². The van der Waals surface area contributed by atoms with E-state index < -0.39 is 0 Å². The summed E-state index contributed by atoms with van der Waals surface area (Å²) in [6.45, 7) is 5.86. The molecule has 130 valence electrons. The number of nitrogens with zero attached hydrogens (tertiary/aromatic N) is 2. The Hall–Kier alpha value is -1.68. The summed E-state index contributed by atoms with van der Waals surface area (Å²) in [7, 11) is 2.14. The van der Waals surface area contributed by atoms with Gasteiger partial charge < -0.3 is 4.90 Å². The van der Waals surface area contributed by atoms with Gasteiger partial charge in [0.25, 0.3) is 0 Å². The highest BCUT2D eigenvalue weighted by Gasteiger charge is 2.09. The molecule has 0 saturated carbocycles. The van der Waals surface area contributed by atoms with Gasteiger partial charge in [-0.25, -0.2) is 0 Å². The van der Waals surface area contributed by atoms with Crippen molar-refractivity contribution >= 4 is 33.2 Å². The van der Waals surface area contributed by atoms with E-state index in [0.29, 0.717) is 0 Å². The van der Waals surface area contributed by atoms with E-state index in [-0.39, 0.29) is 0 Å². The maximum Gasteiger partial charge on any atom is 0.0919 e. The maximum atomic E-state index is 5.98. The molecule has 0 radical (unpaired) electrons. The average molecular weight is 371 g/mol. The topological polar surface area (TPSA) is 16.1 Å². The lowest BCUT2D eigenvalue weighted by molar-refractivity contribution is 0.360. The highest BCUT2D eigenvalue weighted by molar-refractivity contribution is 7.13. The van der Waals surface area contributed by atoms with Crippen LogP contribution in [0.15, 0.2) is 55.1 Å². The van der Waals surface area contributed by atoms with Crippen LogP contribution >= 0.6 is 23.1 Å². The first-order valence-electron chi connectivity index (χ1n) is 8.61. The molecule has 0 N–H and O–H groups in total. The van der Waals surface area contributed by atoms with Crippen LogP contribution < -0.4 is 0 Å². The van der Waals surface area contributed by atoms with Crippen molar-refractivity contribution in [3.63, 3.8) is 0 Å². The van der Waals surface area contributed by atoms with E-state index in [1.807, 2.05) is 30.3 Å². The van der Waals surface area contributed by atoms with Gasteiger partial charge in [0, 0.05) is 22.5 Å². The summed E-state index contributed by atoms with van der Waals surface area (Å²) < 4.78 is 5.91. The Bertz CT molecular complexity index is 839. The van der Waals surface area contributed by atoms with E-state index >= 15 is 0 Å². The molecule has 0 spiro atoms. The largest absolute Gasteiger partial charge is 0.303 e. The van der Waals surface area contributed by atoms with Crippen molar-refractivity contribution in [3.8, 4) is 11.3 Å². The molecular weight excluding hydrogens is 348 g/mol. The molecule has 3 aromatic rings. The van der Waals surface area contributed by atoms with Gasteiger partial charge in [0.1, 0.15) is 0 Å². The summed E-state index contributed by atoms with van der Waals surface area (Å²) in [5.74, 6) is 0. The minimum atomic E-state index is 0.754. The number of benzene rings is 2. The van der Waals surface area contributed by atoms with E-state index in [2.05, 4.69) is 41.1 Å². The number of unbranched alkanes of at least 4 members (excludes halogenated alkanes) is 1. The molecular formula is C21H23ClN2S. The first kappa shape index (κ1) is 18.1. The summed E-state index contributed by atoms with van der Waals surface area (Å²) in [5.41, 5.74) is 3.56. The molecule has 2 aromatic carbocycles. The van der Waals surface area contributed by atoms with Crippen molar-refractivity contribution < 1.29 is 0 Å². The number of aryl methyl sites for hydroxylation is 1. The van der Waals surface area contributed by atoms with Crippen LogP contribution in [-0.4, -0.2) is 29.4 Å². The predicted molar refractivity (Wildman–Crippen MR) is 111 cm³/mol. The zero-order chi connectivity index (χ0) is 17.6. The molecule has 1 aromatic heterocycles. The lowest BCUT2D eigenvalue weighted by Crippen LogP contribution is -2.19. The lowest BCUT2D eigenvalue weighted by atomic mass is 10.0. The molecule has 0 bridgehead atoms. The minimum absolute atomic E-state index is 0.754. The van der Waals surface area contributed by atoms with Crippen LogP contribution in [0, 0.1) is 0 Å². The Kier molecular flexibility index (Phi) is 6.24. The van der Waals surface area contributed by atoms with E-state index in [1.54, 1.807) is 11.5 Å². The van der Waals surface area contributed by atoms with Crippen LogP contribution in [0.4, 0.5) is 0 Å². The molecule has 2 nitrogen and oxygen atoms in total. The fourth-order valence-corrected chi connectivity index (χ4v) is 3.96. The monoisotopic (exact) mass is 370 g/mol. The molecule has 0 saturated heterocycles. The fourth-order valence-electron chi connectivity index (χ4n) is 2.98. The number of likely N-dealkylation sites (N-methyl/N-ethyl adjacent to an activating group) is 1. The summed E-state index contributed by atoms with van der Waals surface area (Å²) in [5, 5.41) is 1.98. The third-order valence-electron chi connectivity index (χ3n) is 4.35. The second-order valence-electron chi connectivity index (χ2n) is 6.38. The molecule has 0 atom stereocenters. The van der Waals surface area contributed by atoms with Crippen LogP contribution in [0.3, 0.4) is 0 Å². The maximum absolute atomic E-state index is 5.98. The predicted octanol–water partition coefficient (Wildman–Crippen LogP) is 6.06. The Morgan fingerprint density at radius 1 is 1.16 bits per heavy atom. The fraction of sp³-hybridized carbons (Fsp3) is 0.286. The first-order chi connectivity index (χ1) is 12.2. The van der Waals surface area contributed by atoms with E-state index in [4.69, 9.17) is 11.6 Å². The number of halogens is 1. The van der Waals surface area contributed by atoms with Crippen molar-refractivity contribution in [2.24, 2.45) is 0 Å². The number of fused-ring (bicyclic) bond motifs is 1. The van der Waals surface area contributed by atoms with Crippen molar-refractivity contribution in [1.29, 1.82) is 0 Å². The molecule has 3 rings (SSSR count). The summed E-state index contributed by atoms with van der Waals surface area (Å²) in [6, 6.07) is 14.6. The second-order valence-corrected chi connectivity index (χ2v) is 7.62. The number of hydrogen-bond donors (Lipinski definition) is 0. The van der Waals surface area contributed by atoms with Gasteiger partial charge in [0.15, 0.2) is 0 Å². The molecule has 0 aliphatic rings. The van der Waals surface area contributed by atoms with E-state index in [9.17, 15) is 0 Å². The van der Waals surface area contributed by atoms with Gasteiger partial charge in [-0.15, -0.1) is 6.58 Å². The quantitative estimate of drug-likeness (QED) is 0.354. The second kappa shape index (κ2) is 8.61. The van der Waals surface area contributed by atoms with E-state index in [0.717, 1.165) is 35.8 Å². The van der Waals surface area contributed by atoms with Gasteiger partial charge >= 0.3 is 0 Å². The summed E-state index contributed by atoms with van der Waals surface area (Å²) in [6.07, 6.45) is 5.49. The van der Waals surface area contributed by atoms with Gasteiger partial charge in [-0.1, -0.05) is 41.9 Å². The van der Waals surface area contributed by atoms with Crippen LogP contribution in [-0.2, 0) is 6.42 Å². The number of rotatable bonds is 8. The SMILES string of the molecule is C=CCN(C)CCCCc1ccc2c(-c3ccc(Cl)cc3)nsc2c1. The highest BCUT2D eigenvalue weighted by atomic mass is 35.5. The zero-order valence-corrected chi connectivity index (χ0v) is 16.1. The third kappa shape index (κ3) is 4.69. The molecule has 0 aliphatic heterocycles. The molecule has 25 heavy (non-hydrogen) atoms. The van der Waals surface area contributed by atoms with Crippen LogP contribution in [0.5, 0.6) is 0 Å². The third-order valence-corrected chi connectivity index (χ3v) is 5.41. The van der Waals surface area contributed by atoms with Crippen LogP contribution in [0.2, 0.25) is 5.02 Å². The molecule has 0 fully saturated rings. The minimum Gasteiger partial charge on any atom is -0.303 e. The standard InChI is InChI=1S/C21H23ClN2S/c1-3-13-24(2)14-5-4-6-16-7-12-19-20(15-16)25-23-21(19)17-8-10-18(22)11-9-17/h3,7-12,15H,1,4-6,13-14H2,2H3. The molecule has 4 heteroatoms. The van der Waals surface area contributed by atoms with Gasteiger partial charge in [-0.05, 0) is 68.1 Å². The molecule has 0 aliphatic carbocycles. The van der Waals surface area contributed by atoms with Crippen LogP contribution in [0.25, 0.3) is 21.3 Å². The van der Waals surface area contributed by atoms with Crippen molar-refractivity contribution in [3.05, 3.63) is 65.7 Å². The Balaban J connectivity index is 1.65. The van der Waals surface area contributed by atoms with Crippen molar-refractivity contribution in [2.45, 2.75) is 19.3 Å². The normalized spacial score (nSPS) is 11.3. The average Bonchev–Trinajstić information content (AvgIpc) is 3.03. The van der Waals surface area contributed by atoms with Gasteiger partial charge in [-0.2, -0.15) is 4.37 Å². The van der Waals surface area contributed by atoms with E-state index in [1.165, 1.54) is 28.5 Å². The number of hydrogen-bond acceptors (Lipinski definition) is 3. The zero-order valence-electron chi connectivity index (χ0n) is 14.5. The Morgan fingerprint density at radius 3 is 2.72 bits per heavy atom. The molecule has 0 amide bonds. The number of aromatic nitrogens is 1. The van der Waals surface area contributed by atoms with Gasteiger partial charge in [-0.3, -0.25) is 0 Å². The van der Waals surface area contributed by atoms with Crippen molar-refractivity contribution in [1.82, 2.24) is 9.27 Å². The lowest BCUT2D eigenvalue weighted by Gasteiger charge is -2.13. The van der Waals surface area contributed by atoms with Crippen molar-refractivity contribution in [2.75, 3.05) is 20.1 Å². The van der Waals surface area contributed by atoms with Gasteiger partial charge in [0.2, 0.25) is 0 Å². The van der Waals surface area contributed by atoms with Gasteiger partial charge in [0.05, 0.1) is 10.4 Å².